The Morgan fingerprint density at radius 1 is 1.22 bits per heavy atom. The highest BCUT2D eigenvalue weighted by Gasteiger charge is 2.25. The number of amides is 2. The number of benzene rings is 1. The third-order valence-corrected chi connectivity index (χ3v) is 4.69. The van der Waals surface area contributed by atoms with Gasteiger partial charge in [0.1, 0.15) is 5.75 Å². The average molecular weight is 370 g/mol. The number of nitrogens with one attached hydrogen (secondary N) is 1. The van der Waals surface area contributed by atoms with Crippen LogP contribution in [0.5, 0.6) is 5.75 Å². The Morgan fingerprint density at radius 3 is 2.74 bits per heavy atom. The van der Waals surface area contributed by atoms with Crippen LogP contribution in [0.2, 0.25) is 0 Å². The van der Waals surface area contributed by atoms with Crippen molar-refractivity contribution < 1.29 is 18.7 Å². The molecule has 0 radical (unpaired) electrons. The van der Waals surface area contributed by atoms with E-state index in [1.165, 1.54) is 6.26 Å². The van der Waals surface area contributed by atoms with E-state index in [2.05, 4.69) is 5.32 Å². The van der Waals surface area contributed by atoms with Crippen molar-refractivity contribution in [1.29, 1.82) is 0 Å². The SMILES string of the molecule is Cc1cccc(OCCCC(=O)NC2CCN(C(=O)c3ccco3)CC2)c1. The van der Waals surface area contributed by atoms with E-state index in [0.717, 1.165) is 24.2 Å². The fourth-order valence-corrected chi connectivity index (χ4v) is 3.21. The Hall–Kier alpha value is -2.76. The lowest BCUT2D eigenvalue weighted by Gasteiger charge is -2.31. The highest BCUT2D eigenvalue weighted by atomic mass is 16.5. The zero-order chi connectivity index (χ0) is 19.1. The molecule has 2 aromatic rings. The van der Waals surface area contributed by atoms with Gasteiger partial charge < -0.3 is 19.4 Å². The third kappa shape index (κ3) is 5.61. The van der Waals surface area contributed by atoms with E-state index in [0.29, 0.717) is 38.3 Å². The third-order valence-electron chi connectivity index (χ3n) is 4.69. The fraction of sp³-hybridized carbons (Fsp3) is 0.429. The molecule has 0 bridgehead atoms. The number of aryl methyl sites for hydroxylation is 1. The Balaban J connectivity index is 1.32. The standard InChI is InChI=1S/C21H26N2O4/c1-16-5-2-6-18(15-16)26-13-4-8-20(24)22-17-9-11-23(12-10-17)21(25)19-7-3-14-27-19/h2-3,5-7,14-15,17H,4,8-13H2,1H3,(H,22,24). The van der Waals surface area contributed by atoms with Gasteiger partial charge in [0, 0.05) is 25.6 Å². The van der Waals surface area contributed by atoms with Gasteiger partial charge in [-0.05, 0) is 56.0 Å². The maximum absolute atomic E-state index is 12.2. The van der Waals surface area contributed by atoms with Crippen LogP contribution in [0.4, 0.5) is 0 Å². The van der Waals surface area contributed by atoms with Crippen LogP contribution < -0.4 is 10.1 Å². The molecule has 144 valence electrons. The number of hydrogen-bond acceptors (Lipinski definition) is 4. The summed E-state index contributed by atoms with van der Waals surface area (Å²) < 4.78 is 10.8. The van der Waals surface area contributed by atoms with Gasteiger partial charge in [0.05, 0.1) is 12.9 Å². The average Bonchev–Trinajstić information content (AvgIpc) is 3.20. The van der Waals surface area contributed by atoms with Gasteiger partial charge in [0.15, 0.2) is 5.76 Å². The summed E-state index contributed by atoms with van der Waals surface area (Å²) >= 11 is 0. The number of ether oxygens (including phenoxy) is 1. The maximum atomic E-state index is 12.2. The molecule has 0 atom stereocenters. The minimum atomic E-state index is -0.0851. The summed E-state index contributed by atoms with van der Waals surface area (Å²) in [5, 5.41) is 3.06. The molecular formula is C21H26N2O4. The normalized spacial score (nSPS) is 14.8. The Kier molecular flexibility index (Phi) is 6.52. The second kappa shape index (κ2) is 9.26. The van der Waals surface area contributed by atoms with Gasteiger partial charge in [-0.3, -0.25) is 9.59 Å². The molecule has 2 heterocycles. The number of likely N-dealkylation sites (tertiary alicyclic amines) is 1. The van der Waals surface area contributed by atoms with Crippen molar-refractivity contribution in [3.8, 4) is 5.75 Å². The van der Waals surface area contributed by atoms with Gasteiger partial charge in [-0.1, -0.05) is 12.1 Å². The van der Waals surface area contributed by atoms with Crippen molar-refractivity contribution in [2.24, 2.45) is 0 Å². The Morgan fingerprint density at radius 2 is 2.04 bits per heavy atom. The lowest BCUT2D eigenvalue weighted by Crippen LogP contribution is -2.46. The number of piperidine rings is 1. The van der Waals surface area contributed by atoms with Crippen molar-refractivity contribution in [2.45, 2.75) is 38.6 Å². The quantitative estimate of drug-likeness (QED) is 0.760. The summed E-state index contributed by atoms with van der Waals surface area (Å²) in [6, 6.07) is 11.4. The van der Waals surface area contributed by atoms with Crippen molar-refractivity contribution in [3.05, 3.63) is 54.0 Å². The monoisotopic (exact) mass is 370 g/mol. The topological polar surface area (TPSA) is 71.8 Å². The Labute approximate surface area is 159 Å². The lowest BCUT2D eigenvalue weighted by molar-refractivity contribution is -0.122. The molecule has 2 amide bonds. The van der Waals surface area contributed by atoms with Crippen molar-refractivity contribution >= 4 is 11.8 Å². The molecule has 6 heteroatoms. The lowest BCUT2D eigenvalue weighted by atomic mass is 10.0. The van der Waals surface area contributed by atoms with Crippen molar-refractivity contribution in [2.75, 3.05) is 19.7 Å². The highest BCUT2D eigenvalue weighted by Crippen LogP contribution is 2.15. The second-order valence-corrected chi connectivity index (χ2v) is 6.88. The number of carbonyl (C=O) groups excluding carboxylic acids is 2. The van der Waals surface area contributed by atoms with Crippen LogP contribution in [0.15, 0.2) is 47.1 Å². The second-order valence-electron chi connectivity index (χ2n) is 6.88. The zero-order valence-electron chi connectivity index (χ0n) is 15.6. The minimum absolute atomic E-state index is 0.0404. The first-order valence-corrected chi connectivity index (χ1v) is 9.43. The van der Waals surface area contributed by atoms with E-state index in [4.69, 9.17) is 9.15 Å². The van der Waals surface area contributed by atoms with Crippen LogP contribution in [0.25, 0.3) is 0 Å². The van der Waals surface area contributed by atoms with Gasteiger partial charge in [0.2, 0.25) is 5.91 Å². The van der Waals surface area contributed by atoms with E-state index in [-0.39, 0.29) is 17.9 Å². The smallest absolute Gasteiger partial charge is 0.289 e. The molecule has 0 spiro atoms. The predicted molar refractivity (Wildman–Crippen MR) is 102 cm³/mol. The number of furan rings is 1. The number of hydrogen-bond donors (Lipinski definition) is 1. The van der Waals surface area contributed by atoms with E-state index in [1.54, 1.807) is 17.0 Å². The molecule has 0 unspecified atom stereocenters. The number of carbonyl (C=O) groups is 2. The first kappa shape index (κ1) is 19.0. The van der Waals surface area contributed by atoms with Gasteiger partial charge in [-0.25, -0.2) is 0 Å². The summed E-state index contributed by atoms with van der Waals surface area (Å²) in [4.78, 5) is 26.1. The predicted octanol–water partition coefficient (Wildman–Crippen LogP) is 3.17. The first-order chi connectivity index (χ1) is 13.1. The summed E-state index contributed by atoms with van der Waals surface area (Å²) in [6.07, 6.45) is 4.14. The summed E-state index contributed by atoms with van der Waals surface area (Å²) in [5.41, 5.74) is 1.15. The molecule has 1 aliphatic heterocycles. The van der Waals surface area contributed by atoms with Crippen LogP contribution in [-0.2, 0) is 4.79 Å². The minimum Gasteiger partial charge on any atom is -0.494 e. The first-order valence-electron chi connectivity index (χ1n) is 9.43. The van der Waals surface area contributed by atoms with Crippen LogP contribution in [0.1, 0.15) is 41.8 Å². The fourth-order valence-electron chi connectivity index (χ4n) is 3.21. The molecular weight excluding hydrogens is 344 g/mol. The molecule has 3 rings (SSSR count). The van der Waals surface area contributed by atoms with Crippen molar-refractivity contribution in [3.63, 3.8) is 0 Å². The molecule has 6 nitrogen and oxygen atoms in total. The van der Waals surface area contributed by atoms with E-state index in [1.807, 2.05) is 31.2 Å². The molecule has 1 saturated heterocycles. The summed E-state index contributed by atoms with van der Waals surface area (Å²) in [7, 11) is 0. The van der Waals surface area contributed by atoms with Gasteiger partial charge in [0.25, 0.3) is 5.91 Å². The maximum Gasteiger partial charge on any atom is 0.289 e. The molecule has 1 fully saturated rings. The molecule has 1 aromatic heterocycles. The molecule has 1 N–H and O–H groups in total. The molecule has 1 aliphatic rings. The van der Waals surface area contributed by atoms with Gasteiger partial charge in [-0.2, -0.15) is 0 Å². The van der Waals surface area contributed by atoms with Crippen LogP contribution >= 0.6 is 0 Å². The molecule has 1 aromatic carbocycles. The van der Waals surface area contributed by atoms with Gasteiger partial charge >= 0.3 is 0 Å². The molecule has 0 saturated carbocycles. The molecule has 0 aliphatic carbocycles. The molecule has 27 heavy (non-hydrogen) atoms. The van der Waals surface area contributed by atoms with Crippen molar-refractivity contribution in [1.82, 2.24) is 10.2 Å². The van der Waals surface area contributed by atoms with Crippen LogP contribution in [0.3, 0.4) is 0 Å². The Bertz CT molecular complexity index is 749. The van der Waals surface area contributed by atoms with Crippen LogP contribution in [0, 0.1) is 6.92 Å². The largest absolute Gasteiger partial charge is 0.494 e. The van der Waals surface area contributed by atoms with Crippen LogP contribution in [-0.4, -0.2) is 42.5 Å². The van der Waals surface area contributed by atoms with E-state index in [9.17, 15) is 9.59 Å². The van der Waals surface area contributed by atoms with E-state index >= 15 is 0 Å². The summed E-state index contributed by atoms with van der Waals surface area (Å²) in [5.74, 6) is 1.16. The van der Waals surface area contributed by atoms with E-state index < -0.39 is 0 Å². The number of nitrogens with zero attached hydrogens (tertiary/aromatic N) is 1. The van der Waals surface area contributed by atoms with Gasteiger partial charge in [-0.15, -0.1) is 0 Å². The number of rotatable bonds is 7. The zero-order valence-corrected chi connectivity index (χ0v) is 15.6. The summed E-state index contributed by atoms with van der Waals surface area (Å²) in [6.45, 7) is 3.79. The highest BCUT2D eigenvalue weighted by molar-refractivity contribution is 5.91.